The lowest BCUT2D eigenvalue weighted by Crippen LogP contribution is -2.40. The van der Waals surface area contributed by atoms with Crippen molar-refractivity contribution in [1.82, 2.24) is 10.6 Å². The van der Waals surface area contributed by atoms with Gasteiger partial charge < -0.3 is 15.4 Å². The average molecular weight is 323 g/mol. The number of nitrogens with one attached hydrogen (secondary N) is 2. The van der Waals surface area contributed by atoms with Gasteiger partial charge in [-0.1, -0.05) is 42.8 Å². The number of carbonyl (C=O) groups excluding carboxylic acids is 1. The summed E-state index contributed by atoms with van der Waals surface area (Å²) in [4.78, 5) is 11.8. The molecular weight excluding hydrogens is 300 g/mol. The fraction of sp³-hybridized carbons (Fsp3) is 0.471. The Morgan fingerprint density at radius 3 is 2.82 bits per heavy atom. The molecule has 0 saturated carbocycles. The summed E-state index contributed by atoms with van der Waals surface area (Å²) >= 11 is 6.07. The molecule has 0 aromatic rings. The van der Waals surface area contributed by atoms with Crippen molar-refractivity contribution in [3.8, 4) is 0 Å². The number of hydrogen-bond acceptors (Lipinski definition) is 3. The summed E-state index contributed by atoms with van der Waals surface area (Å²) in [5.41, 5.74) is 1.88. The molecule has 1 aliphatic heterocycles. The fourth-order valence-electron chi connectivity index (χ4n) is 2.45. The molecule has 4 nitrogen and oxygen atoms in total. The van der Waals surface area contributed by atoms with Crippen LogP contribution < -0.4 is 10.6 Å². The highest BCUT2D eigenvalue weighted by Gasteiger charge is 2.26. The van der Waals surface area contributed by atoms with Gasteiger partial charge in [-0.2, -0.15) is 0 Å². The molecule has 0 saturated heterocycles. The minimum absolute atomic E-state index is 0.0675. The molecule has 2 rings (SSSR count). The first-order valence-electron chi connectivity index (χ1n) is 7.45. The Labute approximate surface area is 136 Å². The summed E-state index contributed by atoms with van der Waals surface area (Å²) in [5.74, 6) is 0.168. The first-order chi connectivity index (χ1) is 10.3. The van der Waals surface area contributed by atoms with Crippen molar-refractivity contribution in [1.29, 1.82) is 0 Å². The van der Waals surface area contributed by atoms with E-state index in [0.717, 1.165) is 0 Å². The third-order valence-corrected chi connectivity index (χ3v) is 3.70. The van der Waals surface area contributed by atoms with E-state index in [1.54, 1.807) is 0 Å². The standard InChI is InChI=1S/C17H23ClN2O2/c1-11(10-19-16(21)22-17(2,3)4)13-7-5-6-12-8-9-14(18)20-15(12)13/h5-9,11,15,20H,10H2,1-4H3,(H,19,21). The zero-order chi connectivity index (χ0) is 16.3. The maximum absolute atomic E-state index is 11.8. The van der Waals surface area contributed by atoms with Crippen LogP contribution in [0.1, 0.15) is 27.7 Å². The van der Waals surface area contributed by atoms with Gasteiger partial charge in [0.1, 0.15) is 10.8 Å². The van der Waals surface area contributed by atoms with Gasteiger partial charge >= 0.3 is 6.09 Å². The number of fused-ring (bicyclic) bond motifs is 1. The van der Waals surface area contributed by atoms with Crippen LogP contribution in [0.3, 0.4) is 0 Å². The van der Waals surface area contributed by atoms with E-state index in [-0.39, 0.29) is 12.0 Å². The summed E-state index contributed by atoms with van der Waals surface area (Å²) in [7, 11) is 0. The van der Waals surface area contributed by atoms with Crippen LogP contribution in [-0.2, 0) is 4.74 Å². The van der Waals surface area contributed by atoms with Gasteiger partial charge in [0.15, 0.2) is 0 Å². The molecular formula is C17H23ClN2O2. The number of ether oxygens (including phenoxy) is 1. The Balaban J connectivity index is 1.95. The Morgan fingerprint density at radius 2 is 2.14 bits per heavy atom. The molecule has 120 valence electrons. The summed E-state index contributed by atoms with van der Waals surface area (Å²) in [5, 5.41) is 6.72. The maximum Gasteiger partial charge on any atom is 0.407 e. The van der Waals surface area contributed by atoms with Crippen molar-refractivity contribution in [2.24, 2.45) is 5.92 Å². The van der Waals surface area contributed by atoms with Gasteiger partial charge in [-0.15, -0.1) is 0 Å². The molecule has 2 N–H and O–H groups in total. The molecule has 2 aliphatic rings. The van der Waals surface area contributed by atoms with Gasteiger partial charge in [-0.25, -0.2) is 4.79 Å². The van der Waals surface area contributed by atoms with Crippen molar-refractivity contribution < 1.29 is 9.53 Å². The molecule has 22 heavy (non-hydrogen) atoms. The predicted molar refractivity (Wildman–Crippen MR) is 89.6 cm³/mol. The topological polar surface area (TPSA) is 50.4 Å². The van der Waals surface area contributed by atoms with E-state index in [0.29, 0.717) is 11.7 Å². The van der Waals surface area contributed by atoms with Crippen LogP contribution >= 0.6 is 11.6 Å². The molecule has 0 radical (unpaired) electrons. The quantitative estimate of drug-likeness (QED) is 0.780. The Kier molecular flexibility index (Phi) is 5.01. The highest BCUT2D eigenvalue weighted by Crippen LogP contribution is 2.28. The second kappa shape index (κ2) is 6.61. The van der Waals surface area contributed by atoms with Crippen molar-refractivity contribution in [2.45, 2.75) is 39.3 Å². The number of amides is 1. The first kappa shape index (κ1) is 16.7. The van der Waals surface area contributed by atoms with Gasteiger partial charge in [0.2, 0.25) is 0 Å². The second-order valence-electron chi connectivity index (χ2n) is 6.57. The summed E-state index contributed by atoms with van der Waals surface area (Å²) in [6.45, 7) is 8.14. The summed E-state index contributed by atoms with van der Waals surface area (Å²) in [6.07, 6.45) is 9.64. The van der Waals surface area contributed by atoms with Crippen LogP contribution in [0.15, 0.2) is 46.7 Å². The van der Waals surface area contributed by atoms with Crippen LogP contribution in [0.2, 0.25) is 0 Å². The lowest BCUT2D eigenvalue weighted by molar-refractivity contribution is 0.0522. The van der Waals surface area contributed by atoms with Crippen molar-refractivity contribution in [3.05, 3.63) is 46.7 Å². The summed E-state index contributed by atoms with van der Waals surface area (Å²) in [6, 6.07) is 0.0675. The minimum Gasteiger partial charge on any atom is -0.444 e. The van der Waals surface area contributed by atoms with Crippen LogP contribution in [0, 0.1) is 5.92 Å². The van der Waals surface area contributed by atoms with Crippen LogP contribution in [0.25, 0.3) is 0 Å². The predicted octanol–water partition coefficient (Wildman–Crippen LogP) is 3.62. The van der Waals surface area contributed by atoms with Crippen LogP contribution in [0.4, 0.5) is 4.79 Å². The largest absolute Gasteiger partial charge is 0.444 e. The Morgan fingerprint density at radius 1 is 1.41 bits per heavy atom. The average Bonchev–Trinajstić information content (AvgIpc) is 2.42. The highest BCUT2D eigenvalue weighted by molar-refractivity contribution is 6.29. The van der Waals surface area contributed by atoms with E-state index in [1.165, 1.54) is 11.1 Å². The molecule has 0 spiro atoms. The van der Waals surface area contributed by atoms with E-state index in [1.807, 2.05) is 39.0 Å². The molecule has 5 heteroatoms. The van der Waals surface area contributed by atoms with Gasteiger partial charge in [0, 0.05) is 6.54 Å². The van der Waals surface area contributed by atoms with Crippen molar-refractivity contribution in [2.75, 3.05) is 6.54 Å². The molecule has 1 aliphatic carbocycles. The summed E-state index contributed by atoms with van der Waals surface area (Å²) < 4.78 is 5.26. The number of alkyl carbamates (subject to hydrolysis) is 1. The third kappa shape index (κ3) is 4.41. The molecule has 0 bridgehead atoms. The van der Waals surface area contributed by atoms with E-state index in [9.17, 15) is 4.79 Å². The monoisotopic (exact) mass is 322 g/mol. The molecule has 1 amide bonds. The zero-order valence-corrected chi connectivity index (χ0v) is 14.2. The number of allylic oxidation sites excluding steroid dienone is 4. The van der Waals surface area contributed by atoms with Gasteiger partial charge in [0.05, 0.1) is 6.04 Å². The highest BCUT2D eigenvalue weighted by atomic mass is 35.5. The van der Waals surface area contributed by atoms with Crippen LogP contribution in [0.5, 0.6) is 0 Å². The lowest BCUT2D eigenvalue weighted by atomic mass is 9.85. The van der Waals surface area contributed by atoms with E-state index < -0.39 is 11.7 Å². The normalized spacial score (nSPS) is 21.7. The SMILES string of the molecule is CC(CNC(=O)OC(C)(C)C)C1=CC=CC2=CC=C(Cl)NC21. The van der Waals surface area contributed by atoms with E-state index >= 15 is 0 Å². The number of carbonyl (C=O) groups is 1. The van der Waals surface area contributed by atoms with Crippen LogP contribution in [-0.4, -0.2) is 24.3 Å². The number of hydrogen-bond donors (Lipinski definition) is 2. The van der Waals surface area contributed by atoms with Crippen molar-refractivity contribution >= 4 is 17.7 Å². The number of halogens is 1. The maximum atomic E-state index is 11.8. The van der Waals surface area contributed by atoms with Gasteiger partial charge in [-0.05, 0) is 43.9 Å². The van der Waals surface area contributed by atoms with Crippen molar-refractivity contribution in [3.63, 3.8) is 0 Å². The number of rotatable bonds is 3. The smallest absolute Gasteiger partial charge is 0.407 e. The molecule has 1 heterocycles. The molecule has 2 atom stereocenters. The fourth-order valence-corrected chi connectivity index (χ4v) is 2.62. The second-order valence-corrected chi connectivity index (χ2v) is 6.98. The first-order valence-corrected chi connectivity index (χ1v) is 7.83. The van der Waals surface area contributed by atoms with E-state index in [2.05, 4.69) is 29.7 Å². The molecule has 0 aromatic carbocycles. The molecule has 0 aromatic heterocycles. The minimum atomic E-state index is -0.487. The Bertz CT molecular complexity index is 568. The lowest BCUT2D eigenvalue weighted by Gasteiger charge is -2.31. The van der Waals surface area contributed by atoms with Gasteiger partial charge in [0.25, 0.3) is 0 Å². The Hall–Kier alpha value is -1.68. The van der Waals surface area contributed by atoms with E-state index in [4.69, 9.17) is 16.3 Å². The number of dihydropyridines is 1. The molecule has 0 fully saturated rings. The zero-order valence-electron chi connectivity index (χ0n) is 13.4. The molecule has 2 unspecified atom stereocenters. The third-order valence-electron chi connectivity index (χ3n) is 3.47. The van der Waals surface area contributed by atoms with Gasteiger partial charge in [-0.3, -0.25) is 0 Å².